The number of aromatic nitrogens is 1. The van der Waals surface area contributed by atoms with Crippen LogP contribution < -0.4 is 14.8 Å². The van der Waals surface area contributed by atoms with Crippen molar-refractivity contribution in [3.8, 4) is 11.5 Å². The summed E-state index contributed by atoms with van der Waals surface area (Å²) in [5.41, 5.74) is 1.31. The minimum Gasteiger partial charge on any atom is -0.497 e. The smallest absolute Gasteiger partial charge is 0.226 e. The van der Waals surface area contributed by atoms with Gasteiger partial charge >= 0.3 is 0 Å². The van der Waals surface area contributed by atoms with Gasteiger partial charge in [-0.25, -0.2) is 4.98 Å². The summed E-state index contributed by atoms with van der Waals surface area (Å²) >= 11 is 1.24. The Morgan fingerprint density at radius 1 is 1.17 bits per heavy atom. The molecule has 0 spiro atoms. The van der Waals surface area contributed by atoms with Gasteiger partial charge in [-0.15, -0.1) is 11.3 Å². The van der Waals surface area contributed by atoms with Gasteiger partial charge in [-0.1, -0.05) is 0 Å². The molecular weight excluding hydrogens is 316 g/mol. The average molecular weight is 334 g/mol. The molecule has 0 fully saturated rings. The third-order valence-electron chi connectivity index (χ3n) is 3.16. The van der Waals surface area contributed by atoms with Crippen LogP contribution in [0.5, 0.6) is 11.5 Å². The van der Waals surface area contributed by atoms with Gasteiger partial charge in [0.05, 0.1) is 14.2 Å². The molecule has 0 aliphatic rings. The van der Waals surface area contributed by atoms with Crippen LogP contribution in [-0.2, 0) is 11.2 Å². The monoisotopic (exact) mass is 334 g/mol. The van der Waals surface area contributed by atoms with Crippen molar-refractivity contribution in [3.05, 3.63) is 34.8 Å². The van der Waals surface area contributed by atoms with Gasteiger partial charge in [0.1, 0.15) is 17.2 Å². The number of thiazole rings is 1. The van der Waals surface area contributed by atoms with Gasteiger partial charge in [-0.3, -0.25) is 9.59 Å². The van der Waals surface area contributed by atoms with Gasteiger partial charge in [-0.05, 0) is 24.1 Å². The Balaban J connectivity index is 1.94. The highest BCUT2D eigenvalue weighted by molar-refractivity contribution is 7.14. The Morgan fingerprint density at radius 3 is 2.35 bits per heavy atom. The van der Waals surface area contributed by atoms with E-state index in [0.29, 0.717) is 35.2 Å². The Bertz CT molecular complexity index is 690. The Labute approximate surface area is 138 Å². The van der Waals surface area contributed by atoms with E-state index in [-0.39, 0.29) is 11.7 Å². The molecule has 1 amide bonds. The van der Waals surface area contributed by atoms with Crippen LogP contribution in [0, 0.1) is 0 Å². The zero-order valence-corrected chi connectivity index (χ0v) is 14.0. The molecular formula is C16H18N2O4S. The van der Waals surface area contributed by atoms with E-state index >= 15 is 0 Å². The number of methoxy groups -OCH3 is 2. The molecule has 0 aliphatic carbocycles. The number of hydrogen-bond donors (Lipinski definition) is 1. The number of aryl methyl sites for hydroxylation is 1. The number of hydrogen-bond acceptors (Lipinski definition) is 6. The Hall–Kier alpha value is -2.41. The summed E-state index contributed by atoms with van der Waals surface area (Å²) < 4.78 is 10.4. The number of ketones is 1. The number of nitrogens with one attached hydrogen (secondary N) is 1. The highest BCUT2D eigenvalue weighted by Crippen LogP contribution is 2.23. The molecule has 0 radical (unpaired) electrons. The lowest BCUT2D eigenvalue weighted by Crippen LogP contribution is -2.12. The normalized spacial score (nSPS) is 10.2. The second-order valence-electron chi connectivity index (χ2n) is 4.86. The van der Waals surface area contributed by atoms with E-state index in [0.717, 1.165) is 5.56 Å². The fourth-order valence-corrected chi connectivity index (χ4v) is 2.71. The maximum absolute atomic E-state index is 12.0. The van der Waals surface area contributed by atoms with E-state index in [4.69, 9.17) is 9.47 Å². The zero-order valence-electron chi connectivity index (χ0n) is 13.2. The summed E-state index contributed by atoms with van der Waals surface area (Å²) in [5.74, 6) is 1.10. The summed E-state index contributed by atoms with van der Waals surface area (Å²) in [6.07, 6.45) is 0.843. The number of nitrogens with zero attached hydrogens (tertiary/aromatic N) is 1. The number of Topliss-reactive ketones (excluding diaryl/α,β-unsaturated/α-hetero) is 1. The van der Waals surface area contributed by atoms with E-state index < -0.39 is 0 Å². The number of carbonyl (C=O) groups is 2. The van der Waals surface area contributed by atoms with Gasteiger partial charge in [0.15, 0.2) is 10.9 Å². The van der Waals surface area contributed by atoms with Crippen LogP contribution in [-0.4, -0.2) is 30.9 Å². The van der Waals surface area contributed by atoms with Gasteiger partial charge < -0.3 is 14.8 Å². The van der Waals surface area contributed by atoms with E-state index in [1.54, 1.807) is 25.7 Å². The van der Waals surface area contributed by atoms with Gasteiger partial charge in [0.2, 0.25) is 5.91 Å². The third kappa shape index (κ3) is 4.79. The summed E-state index contributed by atoms with van der Waals surface area (Å²) in [6.45, 7) is 1.44. The molecule has 1 N–H and O–H groups in total. The van der Waals surface area contributed by atoms with Crippen molar-refractivity contribution in [2.75, 3.05) is 19.5 Å². The molecule has 1 aromatic heterocycles. The molecule has 2 rings (SSSR count). The Kier molecular flexibility index (Phi) is 5.70. The third-order valence-corrected chi connectivity index (χ3v) is 3.92. The van der Waals surface area contributed by atoms with Crippen molar-refractivity contribution in [1.82, 2.24) is 4.98 Å². The van der Waals surface area contributed by atoms with Crippen molar-refractivity contribution < 1.29 is 19.1 Å². The summed E-state index contributed by atoms with van der Waals surface area (Å²) in [7, 11) is 3.17. The molecule has 6 nitrogen and oxygen atoms in total. The lowest BCUT2D eigenvalue weighted by atomic mass is 10.1. The number of amides is 1. The molecule has 0 saturated carbocycles. The van der Waals surface area contributed by atoms with Gasteiger partial charge in [-0.2, -0.15) is 0 Å². The number of ether oxygens (including phenoxy) is 2. The predicted molar refractivity (Wildman–Crippen MR) is 88.6 cm³/mol. The van der Waals surface area contributed by atoms with Crippen LogP contribution in [0.25, 0.3) is 0 Å². The first-order valence-corrected chi connectivity index (χ1v) is 7.88. The van der Waals surface area contributed by atoms with Crippen LogP contribution in [0.3, 0.4) is 0 Å². The number of anilines is 1. The second kappa shape index (κ2) is 7.73. The lowest BCUT2D eigenvalue weighted by Gasteiger charge is -2.08. The van der Waals surface area contributed by atoms with E-state index in [9.17, 15) is 9.59 Å². The summed E-state index contributed by atoms with van der Waals surface area (Å²) in [5, 5.41) is 4.76. The largest absolute Gasteiger partial charge is 0.497 e. The predicted octanol–water partition coefficient (Wildman–Crippen LogP) is 2.93. The Morgan fingerprint density at radius 2 is 1.83 bits per heavy atom. The van der Waals surface area contributed by atoms with Crippen LogP contribution in [0.4, 0.5) is 5.13 Å². The quantitative estimate of drug-likeness (QED) is 0.788. The van der Waals surface area contributed by atoms with Crippen LogP contribution in [0.2, 0.25) is 0 Å². The van der Waals surface area contributed by atoms with Crippen LogP contribution in [0.1, 0.15) is 29.4 Å². The zero-order chi connectivity index (χ0) is 16.8. The lowest BCUT2D eigenvalue weighted by molar-refractivity contribution is -0.116. The van der Waals surface area contributed by atoms with E-state index in [1.807, 2.05) is 12.1 Å². The first-order chi connectivity index (χ1) is 11.0. The SMILES string of the molecule is COc1cc(CCC(=O)Nc2nc(C(C)=O)cs2)cc(OC)c1. The first kappa shape index (κ1) is 17.0. The molecule has 23 heavy (non-hydrogen) atoms. The fourth-order valence-electron chi connectivity index (χ4n) is 1.94. The van der Waals surface area contributed by atoms with Crippen LogP contribution in [0.15, 0.2) is 23.6 Å². The maximum Gasteiger partial charge on any atom is 0.226 e. The molecule has 0 atom stereocenters. The molecule has 7 heteroatoms. The molecule has 1 aromatic carbocycles. The van der Waals surface area contributed by atoms with E-state index in [2.05, 4.69) is 10.3 Å². The minimum absolute atomic E-state index is 0.120. The van der Waals surface area contributed by atoms with Crippen LogP contribution >= 0.6 is 11.3 Å². The molecule has 1 heterocycles. The molecule has 0 unspecified atom stereocenters. The van der Waals surface area contributed by atoms with Gasteiger partial charge in [0, 0.05) is 24.8 Å². The topological polar surface area (TPSA) is 77.5 Å². The molecule has 122 valence electrons. The number of carbonyl (C=O) groups excluding carboxylic acids is 2. The van der Waals surface area contributed by atoms with Crippen molar-refractivity contribution in [2.45, 2.75) is 19.8 Å². The van der Waals surface area contributed by atoms with Crippen molar-refractivity contribution in [3.63, 3.8) is 0 Å². The van der Waals surface area contributed by atoms with Crippen molar-refractivity contribution in [1.29, 1.82) is 0 Å². The molecule has 0 saturated heterocycles. The van der Waals surface area contributed by atoms with Gasteiger partial charge in [0.25, 0.3) is 0 Å². The van der Waals surface area contributed by atoms with Crippen molar-refractivity contribution >= 4 is 28.2 Å². The van der Waals surface area contributed by atoms with Crippen molar-refractivity contribution in [2.24, 2.45) is 0 Å². The summed E-state index contributed by atoms with van der Waals surface area (Å²) in [6, 6.07) is 5.52. The highest BCUT2D eigenvalue weighted by atomic mass is 32.1. The number of benzene rings is 1. The number of rotatable bonds is 7. The second-order valence-corrected chi connectivity index (χ2v) is 5.72. The maximum atomic E-state index is 12.0. The van der Waals surface area contributed by atoms with E-state index in [1.165, 1.54) is 18.3 Å². The molecule has 0 bridgehead atoms. The molecule has 0 aliphatic heterocycles. The molecule has 2 aromatic rings. The average Bonchev–Trinajstić information content (AvgIpc) is 3.01. The standard InChI is InChI=1S/C16H18N2O4S/c1-10(19)14-9-23-16(17-14)18-15(20)5-4-11-6-12(21-2)8-13(7-11)22-3/h6-9H,4-5H2,1-3H3,(H,17,18,20). The highest BCUT2D eigenvalue weighted by Gasteiger charge is 2.10. The summed E-state index contributed by atoms with van der Waals surface area (Å²) in [4.78, 5) is 27.2. The first-order valence-electron chi connectivity index (χ1n) is 7.00. The minimum atomic E-state index is -0.156. The fraction of sp³-hybridized carbons (Fsp3) is 0.312.